The summed E-state index contributed by atoms with van der Waals surface area (Å²) in [6, 6.07) is 15.8. The lowest BCUT2D eigenvalue weighted by atomic mass is 9.90. The van der Waals surface area contributed by atoms with Gasteiger partial charge in [-0.15, -0.1) is 11.3 Å². The number of hydrogen-bond donors (Lipinski definition) is 0. The number of carbonyl (C=O) groups is 2. The minimum atomic E-state index is -0.403. The fourth-order valence-electron chi connectivity index (χ4n) is 4.01. The van der Waals surface area contributed by atoms with Gasteiger partial charge < -0.3 is 9.64 Å². The van der Waals surface area contributed by atoms with Crippen molar-refractivity contribution in [1.82, 2.24) is 0 Å². The van der Waals surface area contributed by atoms with Crippen molar-refractivity contribution in [2.45, 2.75) is 33.1 Å². The SMILES string of the molecule is CCN(C(=O)COC(=O)c1cc2c(s1)CC[C@@H](C)C2)c1cccc2ccccc12. The topological polar surface area (TPSA) is 46.6 Å². The van der Waals surface area contributed by atoms with Crippen molar-refractivity contribution in [2.24, 2.45) is 5.92 Å². The van der Waals surface area contributed by atoms with E-state index in [4.69, 9.17) is 4.74 Å². The summed E-state index contributed by atoms with van der Waals surface area (Å²) in [7, 11) is 0. The summed E-state index contributed by atoms with van der Waals surface area (Å²) in [5.74, 6) is 0.0351. The maximum Gasteiger partial charge on any atom is 0.348 e. The molecule has 29 heavy (non-hydrogen) atoms. The molecule has 1 aliphatic rings. The van der Waals surface area contributed by atoms with E-state index in [1.807, 2.05) is 55.5 Å². The van der Waals surface area contributed by atoms with Gasteiger partial charge in [-0.1, -0.05) is 43.3 Å². The Bertz CT molecular complexity index is 1050. The molecule has 1 atom stereocenters. The molecule has 1 amide bonds. The number of likely N-dealkylation sites (N-methyl/N-ethyl adjacent to an activating group) is 1. The number of fused-ring (bicyclic) bond motifs is 2. The third-order valence-corrected chi connectivity index (χ3v) is 6.75. The summed E-state index contributed by atoms with van der Waals surface area (Å²) < 4.78 is 5.39. The Labute approximate surface area is 175 Å². The van der Waals surface area contributed by atoms with Crippen LogP contribution in [0.15, 0.2) is 48.5 Å². The van der Waals surface area contributed by atoms with Crippen molar-refractivity contribution in [3.8, 4) is 0 Å². The van der Waals surface area contributed by atoms with Gasteiger partial charge in [0, 0.05) is 16.8 Å². The smallest absolute Gasteiger partial charge is 0.348 e. The van der Waals surface area contributed by atoms with Crippen molar-refractivity contribution >= 4 is 39.7 Å². The molecule has 1 aromatic heterocycles. The van der Waals surface area contributed by atoms with Crippen molar-refractivity contribution in [3.63, 3.8) is 0 Å². The number of anilines is 1. The van der Waals surface area contributed by atoms with Crippen LogP contribution in [-0.4, -0.2) is 25.0 Å². The van der Waals surface area contributed by atoms with E-state index in [9.17, 15) is 9.59 Å². The van der Waals surface area contributed by atoms with Crippen LogP contribution in [0, 0.1) is 5.92 Å². The number of carbonyl (C=O) groups excluding carboxylic acids is 2. The Hall–Kier alpha value is -2.66. The summed E-state index contributed by atoms with van der Waals surface area (Å²) in [6.45, 7) is 4.42. The molecule has 2 aromatic carbocycles. The molecule has 4 nitrogen and oxygen atoms in total. The van der Waals surface area contributed by atoms with Crippen LogP contribution in [0.1, 0.15) is 40.4 Å². The maximum atomic E-state index is 12.8. The summed E-state index contributed by atoms with van der Waals surface area (Å²) in [5, 5.41) is 2.09. The Kier molecular flexibility index (Phi) is 5.67. The average molecular weight is 408 g/mol. The minimum absolute atomic E-state index is 0.216. The highest BCUT2D eigenvalue weighted by atomic mass is 32.1. The molecule has 0 unspecified atom stereocenters. The first-order chi connectivity index (χ1) is 14.1. The average Bonchev–Trinajstić information content (AvgIpc) is 3.16. The first-order valence-corrected chi connectivity index (χ1v) is 10.9. The van der Waals surface area contributed by atoms with Crippen LogP contribution in [0.2, 0.25) is 0 Å². The number of nitrogens with zero attached hydrogens (tertiary/aromatic N) is 1. The number of thiophene rings is 1. The molecule has 1 heterocycles. The Morgan fingerprint density at radius 2 is 1.97 bits per heavy atom. The van der Waals surface area contributed by atoms with Gasteiger partial charge in [-0.3, -0.25) is 4.79 Å². The number of esters is 1. The zero-order valence-electron chi connectivity index (χ0n) is 16.8. The van der Waals surface area contributed by atoms with E-state index in [-0.39, 0.29) is 12.5 Å². The lowest BCUT2D eigenvalue weighted by Crippen LogP contribution is -2.34. The fraction of sp³-hybridized carbons (Fsp3) is 0.333. The molecule has 5 heteroatoms. The quantitative estimate of drug-likeness (QED) is 0.544. The summed E-state index contributed by atoms with van der Waals surface area (Å²) in [6.07, 6.45) is 3.21. The summed E-state index contributed by atoms with van der Waals surface area (Å²) in [4.78, 5) is 28.9. The second kappa shape index (κ2) is 8.37. The van der Waals surface area contributed by atoms with E-state index in [2.05, 4.69) is 6.92 Å². The summed E-state index contributed by atoms with van der Waals surface area (Å²) in [5.41, 5.74) is 2.10. The van der Waals surface area contributed by atoms with E-state index in [0.29, 0.717) is 17.3 Å². The van der Waals surface area contributed by atoms with Crippen molar-refractivity contribution in [1.29, 1.82) is 0 Å². The predicted octanol–water partition coefficient (Wildman–Crippen LogP) is 5.24. The number of rotatable bonds is 5. The molecule has 0 saturated carbocycles. The van der Waals surface area contributed by atoms with E-state index in [0.717, 1.165) is 35.7 Å². The first-order valence-electron chi connectivity index (χ1n) is 10.1. The molecular weight excluding hydrogens is 382 g/mol. The third kappa shape index (κ3) is 4.06. The number of amides is 1. The van der Waals surface area contributed by atoms with Crippen molar-refractivity contribution in [3.05, 3.63) is 63.8 Å². The molecular formula is C24H25NO3S. The van der Waals surface area contributed by atoms with Crippen LogP contribution in [0.3, 0.4) is 0 Å². The highest BCUT2D eigenvalue weighted by molar-refractivity contribution is 7.14. The zero-order chi connectivity index (χ0) is 20.4. The fourth-order valence-corrected chi connectivity index (χ4v) is 5.11. The largest absolute Gasteiger partial charge is 0.451 e. The number of ether oxygens (including phenoxy) is 1. The lowest BCUT2D eigenvalue weighted by molar-refractivity contribution is -0.121. The molecule has 4 rings (SSSR count). The molecule has 1 aliphatic carbocycles. The highest BCUT2D eigenvalue weighted by Crippen LogP contribution is 2.32. The van der Waals surface area contributed by atoms with Crippen LogP contribution in [-0.2, 0) is 22.4 Å². The van der Waals surface area contributed by atoms with E-state index in [1.54, 1.807) is 4.90 Å². The lowest BCUT2D eigenvalue weighted by Gasteiger charge is -2.22. The van der Waals surface area contributed by atoms with Crippen molar-refractivity contribution in [2.75, 3.05) is 18.1 Å². The highest BCUT2D eigenvalue weighted by Gasteiger charge is 2.23. The van der Waals surface area contributed by atoms with E-state index >= 15 is 0 Å². The third-order valence-electron chi connectivity index (χ3n) is 5.53. The Morgan fingerprint density at radius 3 is 2.79 bits per heavy atom. The van der Waals surface area contributed by atoms with Crippen LogP contribution in [0.4, 0.5) is 5.69 Å². The van der Waals surface area contributed by atoms with Gasteiger partial charge in [0.1, 0.15) is 4.88 Å². The molecule has 0 radical (unpaired) electrons. The monoisotopic (exact) mass is 407 g/mol. The molecule has 0 bridgehead atoms. The van der Waals surface area contributed by atoms with Gasteiger partial charge in [-0.2, -0.15) is 0 Å². The zero-order valence-corrected chi connectivity index (χ0v) is 17.6. The Balaban J connectivity index is 1.46. The van der Waals surface area contributed by atoms with Crippen molar-refractivity contribution < 1.29 is 14.3 Å². The number of benzene rings is 2. The molecule has 0 fully saturated rings. The predicted molar refractivity (Wildman–Crippen MR) is 118 cm³/mol. The van der Waals surface area contributed by atoms with E-state index in [1.165, 1.54) is 21.8 Å². The van der Waals surface area contributed by atoms with Gasteiger partial charge in [-0.05, 0) is 55.2 Å². The summed E-state index contributed by atoms with van der Waals surface area (Å²) >= 11 is 1.51. The molecule has 0 saturated heterocycles. The van der Waals surface area contributed by atoms with Crippen LogP contribution in [0.25, 0.3) is 10.8 Å². The molecule has 0 N–H and O–H groups in total. The van der Waals surface area contributed by atoms with Crippen LogP contribution < -0.4 is 4.90 Å². The minimum Gasteiger partial charge on any atom is -0.451 e. The first kappa shape index (κ1) is 19.6. The Morgan fingerprint density at radius 1 is 1.17 bits per heavy atom. The van der Waals surface area contributed by atoms with E-state index < -0.39 is 5.97 Å². The normalized spacial score (nSPS) is 15.7. The molecule has 0 spiro atoms. The van der Waals surface area contributed by atoms with Gasteiger partial charge in [0.05, 0.1) is 5.69 Å². The molecule has 0 aliphatic heterocycles. The van der Waals surface area contributed by atoms with Crippen LogP contribution in [0.5, 0.6) is 0 Å². The second-order valence-corrected chi connectivity index (χ2v) is 8.76. The van der Waals surface area contributed by atoms with Gasteiger partial charge in [0.25, 0.3) is 5.91 Å². The standard InChI is InChI=1S/C24H25NO3S/c1-3-25(20-10-6-8-17-7-4-5-9-19(17)20)23(26)15-28-24(27)22-14-18-13-16(2)11-12-21(18)29-22/h4-10,14,16H,3,11-13,15H2,1-2H3/t16-/m1/s1. The van der Waals surface area contributed by atoms with Crippen LogP contribution >= 0.6 is 11.3 Å². The number of aryl methyl sites for hydroxylation is 1. The van der Waals surface area contributed by atoms with Gasteiger partial charge in [0.15, 0.2) is 6.61 Å². The second-order valence-electron chi connectivity index (χ2n) is 7.62. The molecule has 3 aromatic rings. The number of hydrogen-bond acceptors (Lipinski definition) is 4. The molecule has 150 valence electrons. The van der Waals surface area contributed by atoms with Gasteiger partial charge >= 0.3 is 5.97 Å². The van der Waals surface area contributed by atoms with Gasteiger partial charge in [0.2, 0.25) is 0 Å². The van der Waals surface area contributed by atoms with Gasteiger partial charge in [-0.25, -0.2) is 4.79 Å². The maximum absolute atomic E-state index is 12.8.